The van der Waals surface area contributed by atoms with Crippen LogP contribution in [0.2, 0.25) is 0 Å². The van der Waals surface area contributed by atoms with Crippen molar-refractivity contribution in [2.24, 2.45) is 0 Å². The second-order valence-electron chi connectivity index (χ2n) is 8.14. The average molecular weight is 442 g/mol. The van der Waals surface area contributed by atoms with Crippen LogP contribution < -0.4 is 5.32 Å². The van der Waals surface area contributed by atoms with Gasteiger partial charge in [-0.2, -0.15) is 0 Å². The molecule has 1 aliphatic carbocycles. The van der Waals surface area contributed by atoms with E-state index in [9.17, 15) is 14.7 Å². The van der Waals surface area contributed by atoms with Gasteiger partial charge in [0.15, 0.2) is 0 Å². The highest BCUT2D eigenvalue weighted by Gasteiger charge is 2.29. The first-order valence-corrected chi connectivity index (χ1v) is 11.2. The minimum absolute atomic E-state index is 0.0414. The van der Waals surface area contributed by atoms with Crippen molar-refractivity contribution in [2.45, 2.75) is 31.7 Å². The Morgan fingerprint density at radius 1 is 0.939 bits per heavy atom. The molecule has 3 aromatic rings. The van der Waals surface area contributed by atoms with Gasteiger partial charge in [0.2, 0.25) is 0 Å². The largest absolute Gasteiger partial charge is 0.481 e. The molecule has 2 N–H and O–H groups in total. The van der Waals surface area contributed by atoms with E-state index >= 15 is 0 Å². The fourth-order valence-electron chi connectivity index (χ4n) is 4.28. The van der Waals surface area contributed by atoms with Gasteiger partial charge in [-0.05, 0) is 40.3 Å². The summed E-state index contributed by atoms with van der Waals surface area (Å²) >= 11 is 0. The van der Waals surface area contributed by atoms with E-state index in [0.29, 0.717) is 6.42 Å². The summed E-state index contributed by atoms with van der Waals surface area (Å²) < 4.78 is 5.81. The van der Waals surface area contributed by atoms with Gasteiger partial charge in [-0.3, -0.25) is 4.79 Å². The molecule has 0 saturated carbocycles. The molecule has 0 aliphatic heterocycles. The molecule has 33 heavy (non-hydrogen) atoms. The van der Waals surface area contributed by atoms with Gasteiger partial charge in [-0.1, -0.05) is 85.8 Å². The molecule has 0 amide bonds. The zero-order chi connectivity index (χ0) is 23.2. The number of nitrogens with one attached hydrogen (secondary N) is 1. The molecule has 5 nitrogen and oxygen atoms in total. The number of hydrogen-bond donors (Lipinski definition) is 2. The van der Waals surface area contributed by atoms with Crippen molar-refractivity contribution < 1.29 is 19.4 Å². The highest BCUT2D eigenvalue weighted by molar-refractivity contribution is 5.93. The number of fused-ring (bicyclic) bond motifs is 3. The summed E-state index contributed by atoms with van der Waals surface area (Å²) in [6, 6.07) is 25.4. The quantitative estimate of drug-likeness (QED) is 0.351. The van der Waals surface area contributed by atoms with Gasteiger partial charge in [0.1, 0.15) is 12.3 Å². The third kappa shape index (κ3) is 5.14. The van der Waals surface area contributed by atoms with Crippen LogP contribution in [-0.2, 0) is 14.3 Å². The van der Waals surface area contributed by atoms with Crippen LogP contribution in [0.4, 0.5) is 0 Å². The van der Waals surface area contributed by atoms with E-state index in [0.717, 1.165) is 16.7 Å². The van der Waals surface area contributed by atoms with Crippen molar-refractivity contribution in [1.29, 1.82) is 0 Å². The Bertz CT molecular complexity index is 1120. The van der Waals surface area contributed by atoms with Crippen molar-refractivity contribution in [3.63, 3.8) is 0 Å². The zero-order valence-electron chi connectivity index (χ0n) is 18.5. The first-order valence-electron chi connectivity index (χ1n) is 11.2. The van der Waals surface area contributed by atoms with Crippen LogP contribution in [0.15, 0.2) is 84.6 Å². The predicted molar refractivity (Wildman–Crippen MR) is 129 cm³/mol. The zero-order valence-corrected chi connectivity index (χ0v) is 18.5. The molecule has 0 radical (unpaired) electrons. The van der Waals surface area contributed by atoms with Crippen LogP contribution in [0.5, 0.6) is 0 Å². The minimum atomic E-state index is -0.916. The lowest BCUT2D eigenvalue weighted by molar-refractivity contribution is -0.141. The maximum absolute atomic E-state index is 13.2. The van der Waals surface area contributed by atoms with E-state index in [4.69, 9.17) is 4.74 Å². The molecule has 0 spiro atoms. The standard InChI is InChI=1S/C28H27NO4/c1-2-20(17-27(30)31)29-26(16-19-10-4-3-5-11-19)28(32)33-18-25-23-14-8-6-12-21(23)22-13-7-9-15-24(22)25/h3-16,20,25,29H,2,17-18H2,1H3,(H,30,31)/t20-/m1/s1. The normalized spacial score (nSPS) is 13.7. The molecule has 0 bridgehead atoms. The van der Waals surface area contributed by atoms with Crippen molar-refractivity contribution in [2.75, 3.05) is 6.61 Å². The smallest absolute Gasteiger partial charge is 0.354 e. The number of esters is 1. The van der Waals surface area contributed by atoms with Gasteiger partial charge in [0.05, 0.1) is 6.42 Å². The van der Waals surface area contributed by atoms with Crippen molar-refractivity contribution in [3.05, 3.63) is 101 Å². The Balaban J connectivity index is 1.56. The third-order valence-corrected chi connectivity index (χ3v) is 5.95. The molecule has 0 aromatic heterocycles. The summed E-state index contributed by atoms with van der Waals surface area (Å²) in [6.45, 7) is 2.09. The minimum Gasteiger partial charge on any atom is -0.481 e. The number of ether oxygens (including phenoxy) is 1. The molecule has 1 atom stereocenters. The number of hydrogen-bond acceptors (Lipinski definition) is 4. The Morgan fingerprint density at radius 2 is 1.52 bits per heavy atom. The van der Waals surface area contributed by atoms with Crippen LogP contribution in [0.3, 0.4) is 0 Å². The van der Waals surface area contributed by atoms with Crippen LogP contribution in [-0.4, -0.2) is 29.7 Å². The Labute approximate surface area is 193 Å². The van der Waals surface area contributed by atoms with Crippen molar-refractivity contribution in [3.8, 4) is 11.1 Å². The predicted octanol–water partition coefficient (Wildman–Crippen LogP) is 5.23. The summed E-state index contributed by atoms with van der Waals surface area (Å²) in [4.78, 5) is 24.4. The number of carboxylic acid groups (broad SMARTS) is 1. The Kier molecular flexibility index (Phi) is 6.89. The van der Waals surface area contributed by atoms with Gasteiger partial charge < -0.3 is 15.2 Å². The molecule has 5 heteroatoms. The summed E-state index contributed by atoms with van der Waals surface area (Å²) in [7, 11) is 0. The monoisotopic (exact) mass is 441 g/mol. The van der Waals surface area contributed by atoms with Crippen LogP contribution >= 0.6 is 0 Å². The summed E-state index contributed by atoms with van der Waals surface area (Å²) in [5.41, 5.74) is 5.71. The molecule has 4 rings (SSSR count). The molecule has 3 aromatic carbocycles. The van der Waals surface area contributed by atoms with E-state index in [1.54, 1.807) is 6.08 Å². The van der Waals surface area contributed by atoms with Crippen LogP contribution in [0, 0.1) is 0 Å². The fourth-order valence-corrected chi connectivity index (χ4v) is 4.28. The fraction of sp³-hybridized carbons (Fsp3) is 0.214. The van der Waals surface area contributed by atoms with Gasteiger partial charge in [-0.25, -0.2) is 4.79 Å². The molecule has 0 saturated heterocycles. The summed E-state index contributed by atoms with van der Waals surface area (Å²) in [6.07, 6.45) is 2.19. The van der Waals surface area contributed by atoms with Crippen molar-refractivity contribution >= 4 is 18.0 Å². The highest BCUT2D eigenvalue weighted by Crippen LogP contribution is 2.44. The molecular formula is C28H27NO4. The second kappa shape index (κ2) is 10.2. The molecule has 1 aliphatic rings. The lowest BCUT2D eigenvalue weighted by Crippen LogP contribution is -2.34. The van der Waals surface area contributed by atoms with Crippen molar-refractivity contribution in [1.82, 2.24) is 5.32 Å². The van der Waals surface area contributed by atoms with E-state index in [1.165, 1.54) is 11.1 Å². The van der Waals surface area contributed by atoms with E-state index in [2.05, 4.69) is 29.6 Å². The topological polar surface area (TPSA) is 75.6 Å². The highest BCUT2D eigenvalue weighted by atomic mass is 16.5. The number of carbonyl (C=O) groups is 2. The van der Waals surface area contributed by atoms with E-state index in [1.807, 2.05) is 61.5 Å². The number of rotatable bonds is 9. The van der Waals surface area contributed by atoms with Crippen LogP contribution in [0.1, 0.15) is 42.4 Å². The average Bonchev–Trinajstić information content (AvgIpc) is 3.15. The third-order valence-electron chi connectivity index (χ3n) is 5.95. The Morgan fingerprint density at radius 3 is 2.09 bits per heavy atom. The molecule has 0 unspecified atom stereocenters. The van der Waals surface area contributed by atoms with Gasteiger partial charge >= 0.3 is 11.9 Å². The lowest BCUT2D eigenvalue weighted by atomic mass is 9.98. The molecule has 168 valence electrons. The number of aliphatic carboxylic acids is 1. The Hall–Kier alpha value is -3.86. The maximum atomic E-state index is 13.2. The second-order valence-corrected chi connectivity index (χ2v) is 8.14. The summed E-state index contributed by atoms with van der Waals surface area (Å²) in [5, 5.41) is 12.3. The van der Waals surface area contributed by atoms with E-state index in [-0.39, 0.29) is 30.7 Å². The molecule has 0 heterocycles. The molecule has 0 fully saturated rings. The number of carboxylic acids is 1. The van der Waals surface area contributed by atoms with Gasteiger partial charge in [0.25, 0.3) is 0 Å². The first kappa shape index (κ1) is 22.3. The summed E-state index contributed by atoms with van der Waals surface area (Å²) in [5.74, 6) is -1.45. The lowest BCUT2D eigenvalue weighted by Gasteiger charge is -2.20. The molecular weight excluding hydrogens is 414 g/mol. The number of carbonyl (C=O) groups excluding carboxylic acids is 1. The van der Waals surface area contributed by atoms with E-state index < -0.39 is 11.9 Å². The SMILES string of the molecule is CC[C@H](CC(=O)O)NC(=Cc1ccccc1)C(=O)OCC1c2ccccc2-c2ccccc21. The van der Waals surface area contributed by atoms with Gasteiger partial charge in [-0.15, -0.1) is 0 Å². The maximum Gasteiger partial charge on any atom is 0.354 e. The van der Waals surface area contributed by atoms with Gasteiger partial charge in [0, 0.05) is 12.0 Å². The van der Waals surface area contributed by atoms with Crippen LogP contribution in [0.25, 0.3) is 17.2 Å². The number of benzene rings is 3. The first-order chi connectivity index (χ1) is 16.1.